The Morgan fingerprint density at radius 1 is 1.41 bits per heavy atom. The average Bonchev–Trinajstić information content (AvgIpc) is 2.74. The predicted octanol–water partition coefficient (Wildman–Crippen LogP) is 2.93. The van der Waals surface area contributed by atoms with Crippen molar-refractivity contribution in [3.8, 4) is 0 Å². The van der Waals surface area contributed by atoms with Crippen molar-refractivity contribution >= 4 is 6.09 Å². The lowest BCUT2D eigenvalue weighted by Crippen LogP contribution is -2.61. The fourth-order valence-corrected chi connectivity index (χ4v) is 2.97. The van der Waals surface area contributed by atoms with Crippen molar-refractivity contribution in [2.24, 2.45) is 5.18 Å². The van der Waals surface area contributed by atoms with E-state index in [1.165, 1.54) is 0 Å². The van der Waals surface area contributed by atoms with Gasteiger partial charge < -0.3 is 14.4 Å². The Hall–Kier alpha value is -1.95. The summed E-state index contributed by atoms with van der Waals surface area (Å²) in [5.41, 5.74) is 2.15. The maximum atomic E-state index is 12.0. The van der Waals surface area contributed by atoms with E-state index in [2.05, 4.69) is 5.18 Å². The number of ether oxygens (including phenoxy) is 2. The lowest BCUT2D eigenvalue weighted by atomic mass is 9.85. The van der Waals surface area contributed by atoms with Gasteiger partial charge in [0.1, 0.15) is 17.7 Å². The second kappa shape index (κ2) is 5.05. The van der Waals surface area contributed by atoms with Crippen LogP contribution in [-0.4, -0.2) is 29.7 Å². The summed E-state index contributed by atoms with van der Waals surface area (Å²) in [5, 5.41) is 2.91. The number of likely N-dealkylation sites (tertiary alicyclic amines) is 1. The van der Waals surface area contributed by atoms with Gasteiger partial charge in [-0.2, -0.15) is 4.91 Å². The van der Waals surface area contributed by atoms with Crippen molar-refractivity contribution < 1.29 is 14.3 Å². The van der Waals surface area contributed by atoms with Crippen LogP contribution in [0, 0.1) is 4.91 Å². The first-order valence-corrected chi connectivity index (χ1v) is 7.36. The molecule has 0 bridgehead atoms. The minimum absolute atomic E-state index is 0.171. The summed E-state index contributed by atoms with van der Waals surface area (Å²) in [6, 6.07) is 5.84. The van der Waals surface area contributed by atoms with Gasteiger partial charge in [0.25, 0.3) is 0 Å². The van der Waals surface area contributed by atoms with Crippen molar-refractivity contribution in [2.45, 2.75) is 45.1 Å². The van der Waals surface area contributed by atoms with Crippen LogP contribution in [0.2, 0.25) is 0 Å². The summed E-state index contributed by atoms with van der Waals surface area (Å²) in [7, 11) is 0. The molecule has 6 heteroatoms. The van der Waals surface area contributed by atoms with Crippen LogP contribution in [0.3, 0.4) is 0 Å². The molecule has 2 aliphatic rings. The number of nitroso groups, excluding NO2 is 1. The molecule has 1 aromatic carbocycles. The second-order valence-corrected chi connectivity index (χ2v) is 6.90. The quantitative estimate of drug-likeness (QED) is 0.788. The Morgan fingerprint density at radius 2 is 2.14 bits per heavy atom. The molecule has 2 aliphatic heterocycles. The molecule has 2 heterocycles. The van der Waals surface area contributed by atoms with E-state index in [-0.39, 0.29) is 12.6 Å². The smallest absolute Gasteiger partial charge is 0.410 e. The summed E-state index contributed by atoms with van der Waals surface area (Å²) in [4.78, 5) is 24.0. The van der Waals surface area contributed by atoms with Crippen molar-refractivity contribution in [1.29, 1.82) is 0 Å². The molecule has 1 fully saturated rings. The van der Waals surface area contributed by atoms with Gasteiger partial charge in [-0.15, -0.1) is 0 Å². The number of fused-ring (bicyclic) bond motifs is 2. The molecule has 0 aromatic heterocycles. The second-order valence-electron chi connectivity index (χ2n) is 6.90. The third kappa shape index (κ3) is 2.59. The minimum Gasteiger partial charge on any atom is -0.444 e. The number of nitrogens with zero attached hydrogens (tertiary/aromatic N) is 2. The van der Waals surface area contributed by atoms with Crippen molar-refractivity contribution in [2.75, 3.05) is 13.1 Å². The van der Waals surface area contributed by atoms with Crippen LogP contribution >= 0.6 is 0 Å². The number of hydrogen-bond donors (Lipinski definition) is 0. The van der Waals surface area contributed by atoms with Gasteiger partial charge in [0.05, 0.1) is 19.7 Å². The normalized spacial score (nSPS) is 18.8. The molecule has 1 spiro atoms. The molecule has 118 valence electrons. The standard InChI is InChI=1S/C16H20N2O4/c1-15(2,3)22-14(19)18-9-16(10-18)13-5-4-11(7-17-20)6-12(13)8-21-16/h4-6H,7-10H2,1-3H3. The monoisotopic (exact) mass is 304 g/mol. The SMILES string of the molecule is CC(C)(C)OC(=O)N1CC2(C1)OCc1cc(CN=O)ccc12. The van der Waals surface area contributed by atoms with Gasteiger partial charge in [-0.3, -0.25) is 0 Å². The van der Waals surface area contributed by atoms with E-state index in [9.17, 15) is 9.70 Å². The Labute approximate surface area is 129 Å². The number of hydrogen-bond acceptors (Lipinski definition) is 5. The molecule has 1 amide bonds. The molecule has 1 saturated heterocycles. The highest BCUT2D eigenvalue weighted by Gasteiger charge is 2.52. The lowest BCUT2D eigenvalue weighted by Gasteiger charge is -2.47. The van der Waals surface area contributed by atoms with Crippen LogP contribution in [0.5, 0.6) is 0 Å². The molecule has 0 N–H and O–H groups in total. The molecule has 0 unspecified atom stereocenters. The van der Waals surface area contributed by atoms with Gasteiger partial charge >= 0.3 is 6.09 Å². The number of carbonyl (C=O) groups is 1. The van der Waals surface area contributed by atoms with Crippen LogP contribution in [0.25, 0.3) is 0 Å². The zero-order valence-corrected chi connectivity index (χ0v) is 13.1. The van der Waals surface area contributed by atoms with E-state index in [1.807, 2.05) is 39.0 Å². The van der Waals surface area contributed by atoms with E-state index >= 15 is 0 Å². The summed E-state index contributed by atoms with van der Waals surface area (Å²) < 4.78 is 11.3. The van der Waals surface area contributed by atoms with Gasteiger partial charge in [0.15, 0.2) is 0 Å². The molecule has 0 aliphatic carbocycles. The zero-order valence-electron chi connectivity index (χ0n) is 13.1. The average molecular weight is 304 g/mol. The third-order valence-corrected chi connectivity index (χ3v) is 3.96. The Balaban J connectivity index is 1.70. The molecule has 0 atom stereocenters. The molecule has 0 radical (unpaired) electrons. The van der Waals surface area contributed by atoms with Gasteiger partial charge in [-0.05, 0) is 37.5 Å². The van der Waals surface area contributed by atoms with E-state index in [1.54, 1.807) is 4.90 Å². The van der Waals surface area contributed by atoms with E-state index in [0.717, 1.165) is 16.7 Å². The highest BCUT2D eigenvalue weighted by Crippen LogP contribution is 2.44. The highest BCUT2D eigenvalue weighted by molar-refractivity contribution is 5.70. The molecular formula is C16H20N2O4. The molecule has 0 saturated carbocycles. The minimum atomic E-state index is -0.495. The van der Waals surface area contributed by atoms with Crippen molar-refractivity contribution in [3.05, 3.63) is 39.8 Å². The number of carbonyl (C=O) groups excluding carboxylic acids is 1. The van der Waals surface area contributed by atoms with Crippen LogP contribution in [0.1, 0.15) is 37.5 Å². The summed E-state index contributed by atoms with van der Waals surface area (Å²) in [6.45, 7) is 7.23. The van der Waals surface area contributed by atoms with Crippen LogP contribution in [-0.2, 0) is 28.2 Å². The first-order valence-electron chi connectivity index (χ1n) is 7.36. The largest absolute Gasteiger partial charge is 0.444 e. The van der Waals surface area contributed by atoms with E-state index in [0.29, 0.717) is 19.7 Å². The highest BCUT2D eigenvalue weighted by atomic mass is 16.6. The molecule has 3 rings (SSSR count). The molecule has 22 heavy (non-hydrogen) atoms. The van der Waals surface area contributed by atoms with Gasteiger partial charge in [0, 0.05) is 0 Å². The molecular weight excluding hydrogens is 284 g/mol. The zero-order chi connectivity index (χ0) is 16.0. The van der Waals surface area contributed by atoms with Crippen molar-refractivity contribution in [1.82, 2.24) is 4.90 Å². The Morgan fingerprint density at radius 3 is 2.77 bits per heavy atom. The summed E-state index contributed by atoms with van der Waals surface area (Å²) >= 11 is 0. The maximum absolute atomic E-state index is 12.0. The molecule has 6 nitrogen and oxygen atoms in total. The van der Waals surface area contributed by atoms with Gasteiger partial charge in [-0.1, -0.05) is 23.4 Å². The van der Waals surface area contributed by atoms with Crippen LogP contribution in [0.4, 0.5) is 4.79 Å². The Bertz CT molecular complexity index is 615. The van der Waals surface area contributed by atoms with Crippen LogP contribution in [0.15, 0.2) is 23.4 Å². The van der Waals surface area contributed by atoms with Crippen molar-refractivity contribution in [3.63, 3.8) is 0 Å². The first kappa shape index (κ1) is 15.0. The maximum Gasteiger partial charge on any atom is 0.410 e. The fraction of sp³-hybridized carbons (Fsp3) is 0.562. The topological polar surface area (TPSA) is 68.2 Å². The molecule has 1 aromatic rings. The van der Waals surface area contributed by atoms with Crippen LogP contribution < -0.4 is 0 Å². The fourth-order valence-electron chi connectivity index (χ4n) is 2.97. The predicted molar refractivity (Wildman–Crippen MR) is 80.2 cm³/mol. The Kier molecular flexibility index (Phi) is 3.44. The third-order valence-electron chi connectivity index (χ3n) is 3.96. The summed E-state index contributed by atoms with van der Waals surface area (Å²) in [5.74, 6) is 0. The first-order chi connectivity index (χ1) is 10.3. The van der Waals surface area contributed by atoms with Gasteiger partial charge in [-0.25, -0.2) is 4.79 Å². The number of benzene rings is 1. The number of rotatable bonds is 2. The summed E-state index contributed by atoms with van der Waals surface area (Å²) in [6.07, 6.45) is -0.308. The number of amides is 1. The van der Waals surface area contributed by atoms with Gasteiger partial charge in [0.2, 0.25) is 0 Å². The van der Waals surface area contributed by atoms with E-state index in [4.69, 9.17) is 9.47 Å². The lowest BCUT2D eigenvalue weighted by molar-refractivity contribution is -0.137. The van der Waals surface area contributed by atoms with E-state index < -0.39 is 11.2 Å².